The van der Waals surface area contributed by atoms with Crippen LogP contribution in [0.4, 0.5) is 5.69 Å². The van der Waals surface area contributed by atoms with Crippen LogP contribution in [-0.4, -0.2) is 18.4 Å². The van der Waals surface area contributed by atoms with E-state index < -0.39 is 15.7 Å². The summed E-state index contributed by atoms with van der Waals surface area (Å²) in [6.45, 7) is 0. The van der Waals surface area contributed by atoms with Crippen molar-refractivity contribution in [2.75, 3.05) is 4.72 Å². The summed E-state index contributed by atoms with van der Waals surface area (Å²) in [6.07, 6.45) is 0. The molecule has 2 aromatic carbocycles. The van der Waals surface area contributed by atoms with Gasteiger partial charge in [0.1, 0.15) is 0 Å². The molecule has 3 rings (SSSR count). The third-order valence-corrected chi connectivity index (χ3v) is 4.88. The summed E-state index contributed by atoms with van der Waals surface area (Å²) in [4.78, 5) is 16.3. The molecule has 0 saturated carbocycles. The number of benzene rings is 2. The van der Waals surface area contributed by atoms with Crippen LogP contribution in [0.2, 0.25) is 10.0 Å². The molecule has 0 atom stereocenters. The normalized spacial score (nSPS) is 11.7. The van der Waals surface area contributed by atoms with Gasteiger partial charge in [0.2, 0.25) is 0 Å². The average Bonchev–Trinajstić information content (AvgIpc) is 2.81. The fraction of sp³-hybridized carbons (Fsp3) is 0. The highest BCUT2D eigenvalue weighted by Crippen LogP contribution is 2.28. The summed E-state index contributed by atoms with van der Waals surface area (Å²) < 4.78 is 27.1. The molecule has 3 N–H and O–H groups in total. The van der Waals surface area contributed by atoms with Crippen molar-refractivity contribution >= 4 is 49.9 Å². The van der Waals surface area contributed by atoms with Gasteiger partial charge in [0, 0.05) is 5.02 Å². The van der Waals surface area contributed by atoms with Crippen molar-refractivity contribution in [3.8, 4) is 0 Å². The Kier molecular flexibility index (Phi) is 3.64. The monoisotopic (exact) mass is 357 g/mol. The van der Waals surface area contributed by atoms with Crippen molar-refractivity contribution in [1.29, 1.82) is 0 Å². The molecule has 22 heavy (non-hydrogen) atoms. The molecule has 3 aromatic rings. The highest BCUT2D eigenvalue weighted by molar-refractivity contribution is 7.92. The van der Waals surface area contributed by atoms with Crippen LogP contribution >= 0.6 is 23.2 Å². The Balaban J connectivity index is 2.01. The van der Waals surface area contributed by atoms with E-state index in [9.17, 15) is 13.2 Å². The molecule has 0 spiro atoms. The van der Waals surface area contributed by atoms with Gasteiger partial charge in [-0.3, -0.25) is 4.72 Å². The first-order valence-electron chi connectivity index (χ1n) is 6.05. The zero-order valence-electron chi connectivity index (χ0n) is 10.9. The molecule has 1 aromatic heterocycles. The maximum Gasteiger partial charge on any atom is 0.323 e. The summed E-state index contributed by atoms with van der Waals surface area (Å²) in [5, 5.41) is 0.589. The highest BCUT2D eigenvalue weighted by atomic mass is 35.5. The van der Waals surface area contributed by atoms with Gasteiger partial charge in [0.15, 0.2) is 0 Å². The Morgan fingerprint density at radius 1 is 0.955 bits per heavy atom. The Morgan fingerprint density at radius 2 is 1.68 bits per heavy atom. The Bertz CT molecular complexity index is 1020. The molecule has 0 bridgehead atoms. The van der Waals surface area contributed by atoms with Crippen LogP contribution in [0, 0.1) is 0 Å². The van der Waals surface area contributed by atoms with Gasteiger partial charge >= 0.3 is 5.69 Å². The first-order chi connectivity index (χ1) is 10.3. The molecule has 0 radical (unpaired) electrons. The molecule has 0 aliphatic carbocycles. The van der Waals surface area contributed by atoms with Crippen LogP contribution < -0.4 is 10.4 Å². The molecule has 0 saturated heterocycles. The predicted molar refractivity (Wildman–Crippen MR) is 86.2 cm³/mol. The smallest absolute Gasteiger partial charge is 0.306 e. The average molecular weight is 358 g/mol. The molecule has 1 heterocycles. The van der Waals surface area contributed by atoms with Gasteiger partial charge in [-0.05, 0) is 36.4 Å². The molecule has 0 amide bonds. The van der Waals surface area contributed by atoms with Gasteiger partial charge in [-0.2, -0.15) is 0 Å². The van der Waals surface area contributed by atoms with Gasteiger partial charge in [0.05, 0.1) is 26.6 Å². The number of anilines is 1. The number of fused-ring (bicyclic) bond motifs is 1. The summed E-state index contributed by atoms with van der Waals surface area (Å²) in [5.41, 5.74) is 0.732. The second-order valence-corrected chi connectivity index (χ2v) is 7.04. The van der Waals surface area contributed by atoms with Gasteiger partial charge < -0.3 is 9.97 Å². The molecular formula is C13H9Cl2N3O3S. The van der Waals surface area contributed by atoms with E-state index in [2.05, 4.69) is 14.7 Å². The minimum atomic E-state index is -3.84. The van der Waals surface area contributed by atoms with E-state index in [1.54, 1.807) is 0 Å². The summed E-state index contributed by atoms with van der Waals surface area (Å²) in [6, 6.07) is 8.69. The number of hydrogen-bond donors (Lipinski definition) is 3. The van der Waals surface area contributed by atoms with Crippen LogP contribution in [-0.2, 0) is 10.0 Å². The Morgan fingerprint density at radius 3 is 2.41 bits per heavy atom. The number of sulfonamides is 1. The van der Waals surface area contributed by atoms with E-state index >= 15 is 0 Å². The summed E-state index contributed by atoms with van der Waals surface area (Å²) in [5.74, 6) is 0. The van der Waals surface area contributed by atoms with Gasteiger partial charge in [-0.1, -0.05) is 23.2 Å². The zero-order valence-corrected chi connectivity index (χ0v) is 13.2. The second-order valence-electron chi connectivity index (χ2n) is 4.52. The molecule has 0 fully saturated rings. The molecule has 6 nitrogen and oxygen atoms in total. The lowest BCUT2D eigenvalue weighted by Gasteiger charge is -2.10. The quantitative estimate of drug-likeness (QED) is 0.672. The Labute approximate surface area is 135 Å². The molecule has 9 heteroatoms. The number of aromatic amines is 2. The fourth-order valence-corrected chi connectivity index (χ4v) is 3.57. The van der Waals surface area contributed by atoms with E-state index in [0.29, 0.717) is 16.1 Å². The molecule has 0 unspecified atom stereocenters. The standard InChI is InChI=1S/C13H9Cl2N3O3S/c14-7-1-3-10(9(15)5-7)18-22(20,21)8-2-4-11-12(6-8)17-13(19)16-11/h1-6,18H,(H2,16,17,19). The largest absolute Gasteiger partial charge is 0.323 e. The lowest BCUT2D eigenvalue weighted by atomic mass is 10.3. The van der Waals surface area contributed by atoms with Crippen molar-refractivity contribution in [2.45, 2.75) is 4.90 Å². The van der Waals surface area contributed by atoms with Crippen molar-refractivity contribution in [3.05, 3.63) is 56.9 Å². The van der Waals surface area contributed by atoms with E-state index in [4.69, 9.17) is 23.2 Å². The number of H-pyrrole nitrogens is 2. The lowest BCUT2D eigenvalue weighted by Crippen LogP contribution is -2.13. The van der Waals surface area contributed by atoms with Crippen molar-refractivity contribution in [1.82, 2.24) is 9.97 Å². The molecular weight excluding hydrogens is 349 g/mol. The molecule has 114 valence electrons. The zero-order chi connectivity index (χ0) is 15.9. The Hall–Kier alpha value is -1.96. The van der Waals surface area contributed by atoms with Crippen molar-refractivity contribution in [3.63, 3.8) is 0 Å². The number of nitrogens with one attached hydrogen (secondary N) is 3. The predicted octanol–water partition coefficient (Wildman–Crippen LogP) is 2.96. The third kappa shape index (κ3) is 2.83. The number of imidazole rings is 1. The minimum Gasteiger partial charge on any atom is -0.306 e. The maximum absolute atomic E-state index is 12.4. The number of aromatic nitrogens is 2. The van der Waals surface area contributed by atoms with Crippen LogP contribution in [0.3, 0.4) is 0 Å². The van der Waals surface area contributed by atoms with Crippen molar-refractivity contribution < 1.29 is 8.42 Å². The summed E-state index contributed by atoms with van der Waals surface area (Å²) >= 11 is 11.7. The number of halogens is 2. The van der Waals surface area contributed by atoms with E-state index in [-0.39, 0.29) is 15.6 Å². The first kappa shape index (κ1) is 15.0. The van der Waals surface area contributed by atoms with E-state index in [1.165, 1.54) is 36.4 Å². The number of hydrogen-bond acceptors (Lipinski definition) is 3. The fourth-order valence-electron chi connectivity index (χ4n) is 1.95. The topological polar surface area (TPSA) is 94.8 Å². The maximum atomic E-state index is 12.4. The van der Waals surface area contributed by atoms with Gasteiger partial charge in [0.25, 0.3) is 10.0 Å². The second kappa shape index (κ2) is 5.35. The first-order valence-corrected chi connectivity index (χ1v) is 8.29. The van der Waals surface area contributed by atoms with Crippen LogP contribution in [0.1, 0.15) is 0 Å². The van der Waals surface area contributed by atoms with Crippen LogP contribution in [0.25, 0.3) is 11.0 Å². The molecule has 0 aliphatic heterocycles. The highest BCUT2D eigenvalue weighted by Gasteiger charge is 2.17. The van der Waals surface area contributed by atoms with Gasteiger partial charge in [-0.15, -0.1) is 0 Å². The van der Waals surface area contributed by atoms with Gasteiger partial charge in [-0.25, -0.2) is 13.2 Å². The lowest BCUT2D eigenvalue weighted by molar-refractivity contribution is 0.601. The van der Waals surface area contributed by atoms with E-state index in [1.807, 2.05) is 0 Å². The summed E-state index contributed by atoms with van der Waals surface area (Å²) in [7, 11) is -3.84. The van der Waals surface area contributed by atoms with Crippen LogP contribution in [0.15, 0.2) is 46.1 Å². The number of rotatable bonds is 3. The third-order valence-electron chi connectivity index (χ3n) is 2.97. The molecule has 0 aliphatic rings. The SMILES string of the molecule is O=c1[nH]c2ccc(S(=O)(=O)Nc3ccc(Cl)cc3Cl)cc2[nH]1. The van der Waals surface area contributed by atoms with Crippen LogP contribution in [0.5, 0.6) is 0 Å². The minimum absolute atomic E-state index is 0.00117. The van der Waals surface area contributed by atoms with E-state index in [0.717, 1.165) is 0 Å². The van der Waals surface area contributed by atoms with Crippen molar-refractivity contribution in [2.24, 2.45) is 0 Å².